The fraction of sp³-hybridized carbons (Fsp3) is 0.208. The first-order valence-electron chi connectivity index (χ1n) is 10.4. The summed E-state index contributed by atoms with van der Waals surface area (Å²) in [4.78, 5) is 17.6. The molecule has 2 aromatic carbocycles. The topological polar surface area (TPSA) is 119 Å². The van der Waals surface area contributed by atoms with Gasteiger partial charge in [-0.1, -0.05) is 6.07 Å². The normalized spacial score (nSPS) is 14.9. The van der Waals surface area contributed by atoms with E-state index in [0.717, 1.165) is 6.07 Å². The van der Waals surface area contributed by atoms with Crippen molar-refractivity contribution in [3.8, 4) is 23.4 Å². The first kappa shape index (κ1) is 24.0. The average molecular weight is 498 g/mol. The molecule has 1 aliphatic rings. The van der Waals surface area contributed by atoms with Gasteiger partial charge < -0.3 is 14.2 Å². The third-order valence-corrected chi connectivity index (χ3v) is 7.25. The van der Waals surface area contributed by atoms with Crippen LogP contribution >= 0.6 is 0 Å². The molecular weight excluding hydrogens is 477 g/mol. The Balaban J connectivity index is 1.97. The molecule has 0 bridgehead atoms. The second-order valence-electron chi connectivity index (χ2n) is 7.39. The Hall–Kier alpha value is -4.17. The maximum atomic E-state index is 14.7. The van der Waals surface area contributed by atoms with Crippen LogP contribution in [-0.4, -0.2) is 40.1 Å². The largest absolute Gasteiger partial charge is 0.497 e. The number of carbonyl (C=O) groups excluding carboxylic acids is 1. The zero-order valence-electron chi connectivity index (χ0n) is 19.0. The number of aromatic nitrogens is 1. The number of benzene rings is 2. The molecular formula is C24H20FN3O6S. The van der Waals surface area contributed by atoms with Crippen LogP contribution < -0.4 is 18.5 Å². The first-order valence-corrected chi connectivity index (χ1v) is 11.8. The minimum Gasteiger partial charge on any atom is -0.497 e. The summed E-state index contributed by atoms with van der Waals surface area (Å²) in [6, 6.07) is 10.9. The molecule has 1 aliphatic heterocycles. The molecule has 0 saturated carbocycles. The van der Waals surface area contributed by atoms with E-state index in [2.05, 4.69) is 4.98 Å². The van der Waals surface area contributed by atoms with Gasteiger partial charge in [0.15, 0.2) is 0 Å². The highest BCUT2D eigenvalue weighted by Crippen LogP contribution is 2.47. The second-order valence-corrected chi connectivity index (χ2v) is 9.15. The predicted molar refractivity (Wildman–Crippen MR) is 123 cm³/mol. The van der Waals surface area contributed by atoms with Crippen molar-refractivity contribution in [3.63, 3.8) is 0 Å². The highest BCUT2D eigenvalue weighted by molar-refractivity contribution is 7.93. The third-order valence-electron chi connectivity index (χ3n) is 5.50. The summed E-state index contributed by atoms with van der Waals surface area (Å²) in [6.07, 6.45) is 1.47. The molecule has 35 heavy (non-hydrogen) atoms. The molecule has 180 valence electrons. The number of rotatable bonds is 7. The summed E-state index contributed by atoms with van der Waals surface area (Å²) < 4.78 is 58.7. The molecule has 0 N–H and O–H groups in total. The molecule has 0 radical (unpaired) electrons. The molecule has 9 nitrogen and oxygen atoms in total. The lowest BCUT2D eigenvalue weighted by atomic mass is 9.92. The number of amides is 1. The highest BCUT2D eigenvalue weighted by Gasteiger charge is 2.47. The molecule has 0 spiro atoms. The number of nitrogens with zero attached hydrogens (tertiary/aromatic N) is 3. The SMILES string of the molecule is CCOc1ncccc1C1C(=O)N(S(=O)(=O)c2ccc(OC)cc2OC)c2cc(F)c(C#N)cc21. The van der Waals surface area contributed by atoms with Crippen molar-refractivity contribution < 1.29 is 31.8 Å². The van der Waals surface area contributed by atoms with Crippen molar-refractivity contribution in [1.29, 1.82) is 5.26 Å². The van der Waals surface area contributed by atoms with Gasteiger partial charge in [-0.3, -0.25) is 4.79 Å². The molecule has 1 amide bonds. The Morgan fingerprint density at radius 1 is 1.14 bits per heavy atom. The van der Waals surface area contributed by atoms with Gasteiger partial charge in [-0.25, -0.2) is 22.1 Å². The lowest BCUT2D eigenvalue weighted by Gasteiger charge is -2.20. The van der Waals surface area contributed by atoms with Crippen LogP contribution in [0.3, 0.4) is 0 Å². The Kier molecular flexibility index (Phi) is 6.32. The van der Waals surface area contributed by atoms with Gasteiger partial charge in [-0.05, 0) is 36.8 Å². The lowest BCUT2D eigenvalue weighted by molar-refractivity contribution is -0.117. The number of nitriles is 1. The van der Waals surface area contributed by atoms with Crippen molar-refractivity contribution in [2.75, 3.05) is 25.1 Å². The number of anilines is 1. The Morgan fingerprint density at radius 2 is 1.91 bits per heavy atom. The number of sulfonamides is 1. The Morgan fingerprint density at radius 3 is 2.57 bits per heavy atom. The standard InChI is InChI=1S/C24H20FN3O6S/c1-4-34-23-16(6-5-9-27-23)22-17-10-14(13-26)18(25)12-19(17)28(24(22)29)35(30,31)21-8-7-15(32-2)11-20(21)33-3/h5-12,22H,4H2,1-3H3. The number of carbonyl (C=O) groups is 1. The molecule has 1 aromatic heterocycles. The van der Waals surface area contributed by atoms with E-state index >= 15 is 0 Å². The van der Waals surface area contributed by atoms with E-state index in [9.17, 15) is 22.9 Å². The van der Waals surface area contributed by atoms with Gasteiger partial charge in [0.25, 0.3) is 15.9 Å². The van der Waals surface area contributed by atoms with Gasteiger partial charge in [0.2, 0.25) is 5.88 Å². The molecule has 1 unspecified atom stereocenters. The van der Waals surface area contributed by atoms with Gasteiger partial charge in [0, 0.05) is 23.9 Å². The summed E-state index contributed by atoms with van der Waals surface area (Å²) >= 11 is 0. The van der Waals surface area contributed by atoms with Crippen LogP contribution in [0.2, 0.25) is 0 Å². The first-order chi connectivity index (χ1) is 16.8. The van der Waals surface area contributed by atoms with E-state index in [-0.39, 0.29) is 45.5 Å². The minimum absolute atomic E-state index is 0.0624. The average Bonchev–Trinajstić information content (AvgIpc) is 3.14. The van der Waals surface area contributed by atoms with E-state index in [1.165, 1.54) is 44.7 Å². The number of halogens is 1. The molecule has 0 saturated heterocycles. The second kappa shape index (κ2) is 9.23. The van der Waals surface area contributed by atoms with Crippen molar-refractivity contribution >= 4 is 21.6 Å². The van der Waals surface area contributed by atoms with Crippen molar-refractivity contribution in [3.05, 3.63) is 71.2 Å². The molecule has 0 aliphatic carbocycles. The van der Waals surface area contributed by atoms with Gasteiger partial charge >= 0.3 is 0 Å². The third kappa shape index (κ3) is 3.91. The fourth-order valence-corrected chi connectivity index (χ4v) is 5.55. The molecule has 11 heteroatoms. The van der Waals surface area contributed by atoms with Gasteiger partial charge in [-0.2, -0.15) is 5.26 Å². The van der Waals surface area contributed by atoms with E-state index < -0.39 is 27.7 Å². The number of fused-ring (bicyclic) bond motifs is 1. The van der Waals surface area contributed by atoms with Gasteiger partial charge in [0.05, 0.1) is 38.0 Å². The van der Waals surface area contributed by atoms with Crippen molar-refractivity contribution in [2.24, 2.45) is 0 Å². The van der Waals surface area contributed by atoms with Crippen LogP contribution in [0.5, 0.6) is 17.4 Å². The highest BCUT2D eigenvalue weighted by atomic mass is 32.2. The molecule has 3 aromatic rings. The van der Waals surface area contributed by atoms with Crippen LogP contribution in [0.25, 0.3) is 0 Å². The maximum absolute atomic E-state index is 14.7. The van der Waals surface area contributed by atoms with Gasteiger partial charge in [-0.15, -0.1) is 0 Å². The summed E-state index contributed by atoms with van der Waals surface area (Å²) in [7, 11) is -1.89. The monoisotopic (exact) mass is 497 g/mol. The summed E-state index contributed by atoms with van der Waals surface area (Å²) in [5.41, 5.74) is -0.112. The van der Waals surface area contributed by atoms with E-state index in [0.29, 0.717) is 10.1 Å². The number of hydrogen-bond acceptors (Lipinski definition) is 8. The van der Waals surface area contributed by atoms with Crippen LogP contribution in [0.15, 0.2) is 53.6 Å². The lowest BCUT2D eigenvalue weighted by Crippen LogP contribution is -2.35. The number of hydrogen-bond donors (Lipinski definition) is 0. The van der Waals surface area contributed by atoms with Gasteiger partial charge in [0.1, 0.15) is 28.3 Å². The maximum Gasteiger partial charge on any atom is 0.274 e. The van der Waals surface area contributed by atoms with E-state index in [1.807, 2.05) is 0 Å². The number of pyridine rings is 1. The van der Waals surface area contributed by atoms with Crippen LogP contribution in [0.4, 0.5) is 10.1 Å². The Bertz CT molecular complexity index is 1470. The summed E-state index contributed by atoms with van der Waals surface area (Å²) in [5.74, 6) is -2.63. The number of methoxy groups -OCH3 is 2. The van der Waals surface area contributed by atoms with Crippen molar-refractivity contribution in [1.82, 2.24) is 4.98 Å². The molecule has 4 rings (SSSR count). The van der Waals surface area contributed by atoms with E-state index in [1.54, 1.807) is 25.1 Å². The summed E-state index contributed by atoms with van der Waals surface area (Å²) in [6.45, 7) is 1.98. The van der Waals surface area contributed by atoms with Crippen LogP contribution in [-0.2, 0) is 14.8 Å². The van der Waals surface area contributed by atoms with Crippen LogP contribution in [0, 0.1) is 17.1 Å². The van der Waals surface area contributed by atoms with E-state index in [4.69, 9.17) is 14.2 Å². The smallest absolute Gasteiger partial charge is 0.274 e. The van der Waals surface area contributed by atoms with Crippen molar-refractivity contribution in [2.45, 2.75) is 17.7 Å². The predicted octanol–water partition coefficient (Wildman–Crippen LogP) is 3.38. The zero-order chi connectivity index (χ0) is 25.3. The zero-order valence-corrected chi connectivity index (χ0v) is 19.8. The molecule has 2 heterocycles. The Labute approximate surface area is 201 Å². The fourth-order valence-electron chi connectivity index (χ4n) is 3.96. The van der Waals surface area contributed by atoms with Crippen LogP contribution in [0.1, 0.15) is 29.5 Å². The molecule has 1 atom stereocenters. The molecule has 0 fully saturated rings. The summed E-state index contributed by atoms with van der Waals surface area (Å²) in [5, 5.41) is 9.36. The quantitative estimate of drug-likeness (QED) is 0.487. The minimum atomic E-state index is -4.58. The number of ether oxygens (including phenoxy) is 3.